The number of para-hydroxylation sites is 3. The number of hydrogen-bond donors (Lipinski definition) is 0. The van der Waals surface area contributed by atoms with Gasteiger partial charge in [-0.05, 0) is 36.4 Å². The minimum Gasteiger partial charge on any atom is -0.409 e. The molecule has 24 heavy (non-hydrogen) atoms. The third-order valence-corrected chi connectivity index (χ3v) is 3.85. The van der Waals surface area contributed by atoms with E-state index in [1.54, 1.807) is 0 Å². The molecular weight excluding hydrogens is 384 g/mol. The SMILES string of the molecule is [O]=[Ge].c1ccc(OP(Oc2ccccc2)Oc2ccccc2)cc1. The molecular formula is C18H15GeO4P. The Morgan fingerprint density at radius 3 is 1.00 bits per heavy atom. The van der Waals surface area contributed by atoms with Crippen molar-refractivity contribution < 1.29 is 17.3 Å². The van der Waals surface area contributed by atoms with Gasteiger partial charge in [-0.1, -0.05) is 54.6 Å². The molecule has 120 valence electrons. The largest absolute Gasteiger partial charge is 0.530 e. The van der Waals surface area contributed by atoms with E-state index in [-0.39, 0.29) is 0 Å². The molecule has 0 unspecified atom stereocenters. The molecule has 0 aliphatic carbocycles. The van der Waals surface area contributed by atoms with E-state index in [0.717, 1.165) is 16.5 Å². The molecule has 0 bridgehead atoms. The van der Waals surface area contributed by atoms with E-state index in [9.17, 15) is 0 Å². The van der Waals surface area contributed by atoms with Gasteiger partial charge < -0.3 is 13.6 Å². The van der Waals surface area contributed by atoms with Gasteiger partial charge in [0.2, 0.25) is 0 Å². The molecule has 3 aromatic rings. The van der Waals surface area contributed by atoms with Crippen molar-refractivity contribution in [2.75, 3.05) is 0 Å². The van der Waals surface area contributed by atoms with Gasteiger partial charge in [-0.3, -0.25) is 0 Å². The summed E-state index contributed by atoms with van der Waals surface area (Å²) in [6.45, 7) is 0. The predicted molar refractivity (Wildman–Crippen MR) is 94.6 cm³/mol. The van der Waals surface area contributed by atoms with Gasteiger partial charge >= 0.3 is 28.8 Å². The maximum Gasteiger partial charge on any atom is 0.530 e. The molecule has 0 fully saturated rings. The normalized spacial score (nSPS) is 9.54. The summed E-state index contributed by atoms with van der Waals surface area (Å²) >= 11 is 0.750. The van der Waals surface area contributed by atoms with Gasteiger partial charge in [-0.15, -0.1) is 0 Å². The van der Waals surface area contributed by atoms with Crippen molar-refractivity contribution in [3.63, 3.8) is 0 Å². The number of hydrogen-bond acceptors (Lipinski definition) is 4. The maximum atomic E-state index is 8.25. The van der Waals surface area contributed by atoms with Crippen molar-refractivity contribution >= 4 is 25.1 Å². The van der Waals surface area contributed by atoms with Crippen LogP contribution in [0, 0.1) is 0 Å². The van der Waals surface area contributed by atoms with Crippen LogP contribution in [-0.4, -0.2) is 16.5 Å². The third kappa shape index (κ3) is 6.15. The van der Waals surface area contributed by atoms with Crippen LogP contribution in [0.4, 0.5) is 0 Å². The summed E-state index contributed by atoms with van der Waals surface area (Å²) in [5.74, 6) is 2.13. The summed E-state index contributed by atoms with van der Waals surface area (Å²) in [5.41, 5.74) is 0. The first-order valence-electron chi connectivity index (χ1n) is 7.10. The second-order valence-corrected chi connectivity index (χ2v) is 5.43. The summed E-state index contributed by atoms with van der Waals surface area (Å²) in [6, 6.07) is 28.5. The molecule has 0 aliphatic rings. The second kappa shape index (κ2) is 10.6. The molecule has 0 amide bonds. The standard InChI is InChI=1S/C18H15O3P.GeO/c1-4-10-16(11-5-1)19-22(20-17-12-6-2-7-13-17)21-18-14-8-3-9-15-18;1-2/h1-15H;. The quantitative estimate of drug-likeness (QED) is 0.435. The van der Waals surface area contributed by atoms with Crippen molar-refractivity contribution in [3.05, 3.63) is 91.0 Å². The number of benzene rings is 3. The van der Waals surface area contributed by atoms with Crippen LogP contribution in [0.15, 0.2) is 91.0 Å². The summed E-state index contributed by atoms with van der Waals surface area (Å²) in [4.78, 5) is 0. The smallest absolute Gasteiger partial charge is 0.409 e. The molecule has 2 radical (unpaired) electrons. The average molecular weight is 399 g/mol. The molecule has 0 heterocycles. The Balaban J connectivity index is 0.00000100. The van der Waals surface area contributed by atoms with Gasteiger partial charge in [-0.2, -0.15) is 0 Å². The summed E-state index contributed by atoms with van der Waals surface area (Å²) < 4.78 is 25.8. The molecule has 4 nitrogen and oxygen atoms in total. The van der Waals surface area contributed by atoms with Crippen molar-refractivity contribution in [1.82, 2.24) is 0 Å². The van der Waals surface area contributed by atoms with E-state index in [0.29, 0.717) is 17.2 Å². The van der Waals surface area contributed by atoms with Crippen molar-refractivity contribution in [3.8, 4) is 17.2 Å². The van der Waals surface area contributed by atoms with E-state index in [2.05, 4.69) is 0 Å². The van der Waals surface area contributed by atoms with Crippen LogP contribution in [0.25, 0.3) is 0 Å². The van der Waals surface area contributed by atoms with Gasteiger partial charge in [0, 0.05) is 0 Å². The Morgan fingerprint density at radius 1 is 0.500 bits per heavy atom. The van der Waals surface area contributed by atoms with E-state index in [1.807, 2.05) is 91.0 Å². The topological polar surface area (TPSA) is 44.8 Å². The molecule has 0 aliphatic heterocycles. The first-order valence-corrected chi connectivity index (χ1v) is 9.05. The van der Waals surface area contributed by atoms with Gasteiger partial charge in [0.1, 0.15) is 17.2 Å². The second-order valence-electron chi connectivity index (χ2n) is 4.44. The molecule has 0 atom stereocenters. The van der Waals surface area contributed by atoms with Gasteiger partial charge in [0.05, 0.1) is 0 Å². The van der Waals surface area contributed by atoms with Gasteiger partial charge in [0.25, 0.3) is 0 Å². The van der Waals surface area contributed by atoms with Crippen LogP contribution in [-0.2, 0) is 3.78 Å². The van der Waals surface area contributed by atoms with Crippen molar-refractivity contribution in [2.45, 2.75) is 0 Å². The summed E-state index contributed by atoms with van der Waals surface area (Å²) in [5, 5.41) is 0. The van der Waals surface area contributed by atoms with E-state index < -0.39 is 8.60 Å². The molecule has 0 spiro atoms. The van der Waals surface area contributed by atoms with Gasteiger partial charge in [0.15, 0.2) is 0 Å². The first-order chi connectivity index (χ1) is 11.9. The molecule has 3 rings (SSSR count). The fraction of sp³-hybridized carbons (Fsp3) is 0. The minimum atomic E-state index is -1.59. The molecule has 0 saturated heterocycles. The monoisotopic (exact) mass is 400 g/mol. The predicted octanol–water partition coefficient (Wildman–Crippen LogP) is 4.95. The Morgan fingerprint density at radius 2 is 0.750 bits per heavy atom. The Labute approximate surface area is 150 Å². The average Bonchev–Trinajstić information content (AvgIpc) is 2.66. The molecule has 0 aromatic heterocycles. The Hall–Kier alpha value is -2.17. The van der Waals surface area contributed by atoms with Crippen molar-refractivity contribution in [2.24, 2.45) is 0 Å². The Kier molecular flexibility index (Phi) is 8.01. The van der Waals surface area contributed by atoms with Crippen molar-refractivity contribution in [1.29, 1.82) is 0 Å². The summed E-state index contributed by atoms with van der Waals surface area (Å²) in [7, 11) is -1.59. The minimum absolute atomic E-state index is 0.709. The van der Waals surface area contributed by atoms with E-state index >= 15 is 0 Å². The summed E-state index contributed by atoms with van der Waals surface area (Å²) in [6.07, 6.45) is 0. The van der Waals surface area contributed by atoms with E-state index in [1.165, 1.54) is 0 Å². The van der Waals surface area contributed by atoms with Crippen LogP contribution >= 0.6 is 8.60 Å². The maximum absolute atomic E-state index is 8.25. The van der Waals surface area contributed by atoms with Crippen LogP contribution < -0.4 is 13.6 Å². The fourth-order valence-electron chi connectivity index (χ4n) is 1.76. The molecule has 0 saturated carbocycles. The molecule has 0 N–H and O–H groups in total. The van der Waals surface area contributed by atoms with Crippen LogP contribution in [0.2, 0.25) is 0 Å². The number of rotatable bonds is 6. The van der Waals surface area contributed by atoms with E-state index in [4.69, 9.17) is 17.3 Å². The van der Waals surface area contributed by atoms with Crippen LogP contribution in [0.5, 0.6) is 17.2 Å². The first kappa shape index (κ1) is 18.2. The van der Waals surface area contributed by atoms with Crippen LogP contribution in [0.3, 0.4) is 0 Å². The fourth-order valence-corrected chi connectivity index (χ4v) is 2.75. The molecule has 3 aromatic carbocycles. The Bertz CT molecular complexity index is 599. The van der Waals surface area contributed by atoms with Crippen LogP contribution in [0.1, 0.15) is 0 Å². The third-order valence-electron chi connectivity index (χ3n) is 2.77. The zero-order valence-electron chi connectivity index (χ0n) is 12.7. The zero-order chi connectivity index (χ0) is 17.0. The molecule has 6 heteroatoms. The zero-order valence-corrected chi connectivity index (χ0v) is 15.7. The van der Waals surface area contributed by atoms with Gasteiger partial charge in [-0.25, -0.2) is 0 Å².